The number of fused-ring (bicyclic) bond motifs is 13. The predicted octanol–water partition coefficient (Wildman–Crippen LogP) is 20.4. The number of para-hydroxylation sites is 2. The number of hydrogen-bond donors (Lipinski definition) is 0. The van der Waals surface area contributed by atoms with Crippen molar-refractivity contribution in [3.8, 4) is 28.3 Å². The van der Waals surface area contributed by atoms with Gasteiger partial charge in [0.1, 0.15) is 11.5 Å². The van der Waals surface area contributed by atoms with Gasteiger partial charge in [-0.05, 0) is 157 Å². The average molecular weight is 1140 g/mol. The summed E-state index contributed by atoms with van der Waals surface area (Å²) in [5.74, 6) is 1.77. The highest BCUT2D eigenvalue weighted by Gasteiger charge is 2.46. The van der Waals surface area contributed by atoms with Crippen molar-refractivity contribution < 1.29 is 4.74 Å². The van der Waals surface area contributed by atoms with Gasteiger partial charge < -0.3 is 23.7 Å². The third-order valence-corrected chi connectivity index (χ3v) is 19.8. The third-order valence-electron chi connectivity index (χ3n) is 18.6. The summed E-state index contributed by atoms with van der Waals surface area (Å²) in [5, 5.41) is 6.09. The molecule has 2 aliphatic heterocycles. The first-order valence-electron chi connectivity index (χ1n) is 30.6. The van der Waals surface area contributed by atoms with Crippen LogP contribution in [0.5, 0.6) is 11.5 Å². The molecule has 0 unspecified atom stereocenters. The largest absolute Gasteiger partial charge is 0.458 e. The van der Waals surface area contributed by atoms with Crippen molar-refractivity contribution in [1.29, 1.82) is 0 Å². The van der Waals surface area contributed by atoms with Gasteiger partial charge in [-0.3, -0.25) is 0 Å². The summed E-state index contributed by atoms with van der Waals surface area (Å²) in [7, 11) is 2.25. The van der Waals surface area contributed by atoms with Gasteiger partial charge in [0.2, 0.25) is 0 Å². The van der Waals surface area contributed by atoms with Crippen LogP contribution in [0.1, 0.15) is 105 Å². The monoisotopic (exact) mass is 1140 g/mol. The van der Waals surface area contributed by atoms with E-state index >= 15 is 0 Å². The molecule has 0 saturated heterocycles. The summed E-state index contributed by atoms with van der Waals surface area (Å²) in [6.45, 7) is 27.7. The Morgan fingerprint density at radius 2 is 0.977 bits per heavy atom. The van der Waals surface area contributed by atoms with Gasteiger partial charge in [-0.2, -0.15) is 0 Å². The van der Waals surface area contributed by atoms with Crippen LogP contribution in [0.2, 0.25) is 0 Å². The van der Waals surface area contributed by atoms with Gasteiger partial charge in [-0.1, -0.05) is 192 Å². The number of aryl methyl sites for hydroxylation is 1. The minimum Gasteiger partial charge on any atom is -0.458 e. The van der Waals surface area contributed by atoms with E-state index in [1.54, 1.807) is 0 Å². The molecular weight excluding hydrogens is 1060 g/mol. The maximum atomic E-state index is 7.98. The fourth-order valence-corrected chi connectivity index (χ4v) is 15.1. The van der Waals surface area contributed by atoms with Crippen LogP contribution >= 0.6 is 11.3 Å². The SMILES string of the molecule is Cn1c2ccccc2c2c3c(cc(-n4c5ccc(C(C)(C)C)cc5c5cc(C(C)(C)C)ccc54)c21)B1c2sc4ccc(C(C)(C)C)cc4c2N(c2ccc(C(C)(C)C)cc2)c2cc(N(c4ccccc4)c4ccc(-c5ccccc5)cc4)cc(c21)O3. The maximum Gasteiger partial charge on any atom is 0.269 e. The van der Waals surface area contributed by atoms with Gasteiger partial charge in [0.05, 0.1) is 39.0 Å². The van der Waals surface area contributed by atoms with Gasteiger partial charge in [0, 0.05) is 72.4 Å². The molecule has 0 spiro atoms. The highest BCUT2D eigenvalue weighted by Crippen LogP contribution is 2.52. The molecule has 0 atom stereocenters. The summed E-state index contributed by atoms with van der Waals surface area (Å²) in [5.41, 5.74) is 22.2. The van der Waals surface area contributed by atoms with Crippen LogP contribution < -0.4 is 30.2 Å². The van der Waals surface area contributed by atoms with Crippen LogP contribution in [0, 0.1) is 0 Å². The van der Waals surface area contributed by atoms with Crippen molar-refractivity contribution in [2.45, 2.75) is 105 Å². The third kappa shape index (κ3) is 8.47. The zero-order valence-electron chi connectivity index (χ0n) is 51.8. The van der Waals surface area contributed by atoms with Gasteiger partial charge >= 0.3 is 0 Å². The van der Waals surface area contributed by atoms with Crippen LogP contribution in [0.25, 0.3) is 70.5 Å². The van der Waals surface area contributed by atoms with Crippen molar-refractivity contribution in [1.82, 2.24) is 9.13 Å². The second-order valence-electron chi connectivity index (χ2n) is 28.3. The first kappa shape index (κ1) is 53.9. The van der Waals surface area contributed by atoms with E-state index in [1.807, 2.05) is 11.3 Å². The molecule has 7 heteroatoms. The first-order chi connectivity index (χ1) is 41.1. The molecule has 2 aliphatic rings. The van der Waals surface area contributed by atoms with Gasteiger partial charge in [0.25, 0.3) is 6.71 Å². The van der Waals surface area contributed by atoms with Crippen molar-refractivity contribution in [3.05, 3.63) is 229 Å². The molecule has 86 heavy (non-hydrogen) atoms. The van der Waals surface area contributed by atoms with Crippen molar-refractivity contribution in [2.75, 3.05) is 9.80 Å². The fourth-order valence-electron chi connectivity index (χ4n) is 13.8. The van der Waals surface area contributed by atoms with Crippen LogP contribution in [0.3, 0.4) is 0 Å². The molecule has 0 fully saturated rings. The Bertz CT molecular complexity index is 4810. The number of hydrogen-bond acceptors (Lipinski definition) is 4. The number of benzene rings is 10. The van der Waals surface area contributed by atoms with E-state index in [2.05, 4.69) is 315 Å². The molecule has 13 aromatic rings. The standard InChI is InChI=1S/C79H73BN4OS/c1-76(2,3)50-30-37-56(38-31-50)83-66-45-57(82(54-24-18-15-19-25-54)55-35-28-49(29-36-55)48-22-16-14-17-23-48)46-68-71(66)80(75-72(83)61-44-53(79(10,11)12)34-41-69(61)86-75)62-47-67(73-70(74(62)85-68)58-26-20-21-27-63(58)81(73)13)84-64-39-32-51(77(4,5)6)42-59(64)60-43-52(78(7,8)9)33-40-65(60)84/h14-47H,1-13H3. The minimum atomic E-state index is -0.195. The Morgan fingerprint density at radius 1 is 0.442 bits per heavy atom. The lowest BCUT2D eigenvalue weighted by molar-refractivity contribution is 0.493. The van der Waals surface area contributed by atoms with Gasteiger partial charge in [-0.25, -0.2) is 0 Å². The number of aromatic nitrogens is 2. The minimum absolute atomic E-state index is 0.0268. The van der Waals surface area contributed by atoms with Crippen LogP contribution in [-0.4, -0.2) is 15.8 Å². The van der Waals surface area contributed by atoms with Crippen molar-refractivity contribution >= 4 is 122 Å². The Labute approximate surface area is 510 Å². The van der Waals surface area contributed by atoms with Crippen molar-refractivity contribution in [3.63, 3.8) is 0 Å². The zero-order valence-corrected chi connectivity index (χ0v) is 52.6. The second-order valence-corrected chi connectivity index (χ2v) is 29.4. The van der Waals surface area contributed by atoms with E-state index in [4.69, 9.17) is 4.74 Å². The van der Waals surface area contributed by atoms with Gasteiger partial charge in [-0.15, -0.1) is 11.3 Å². The molecule has 0 amide bonds. The summed E-state index contributed by atoms with van der Waals surface area (Å²) in [6.07, 6.45) is 0. The molecule has 0 aliphatic carbocycles. The number of thiophene rings is 1. The highest BCUT2D eigenvalue weighted by atomic mass is 32.1. The average Bonchev–Trinajstić information content (AvgIpc) is 1.38. The van der Waals surface area contributed by atoms with E-state index in [9.17, 15) is 0 Å². The summed E-state index contributed by atoms with van der Waals surface area (Å²) < 4.78 is 15.6. The maximum absolute atomic E-state index is 7.98. The number of rotatable bonds is 6. The number of nitrogens with zero attached hydrogens (tertiary/aromatic N) is 4. The highest BCUT2D eigenvalue weighted by molar-refractivity contribution is 7.33. The van der Waals surface area contributed by atoms with E-state index in [0.29, 0.717) is 0 Å². The van der Waals surface area contributed by atoms with Crippen LogP contribution in [0.15, 0.2) is 206 Å². The first-order valence-corrected chi connectivity index (χ1v) is 31.4. The van der Waals surface area contributed by atoms with E-state index in [1.165, 1.54) is 92.0 Å². The Morgan fingerprint density at radius 3 is 1.59 bits per heavy atom. The number of anilines is 6. The lowest BCUT2D eigenvalue weighted by atomic mass is 9.36. The van der Waals surface area contributed by atoms with E-state index < -0.39 is 0 Å². The second kappa shape index (κ2) is 19.1. The van der Waals surface area contributed by atoms with E-state index in [-0.39, 0.29) is 28.4 Å². The molecule has 5 heterocycles. The fraction of sp³-hybridized carbons (Fsp3) is 0.215. The lowest BCUT2D eigenvalue weighted by Gasteiger charge is -2.40. The molecule has 10 aromatic carbocycles. The summed E-state index contributed by atoms with van der Waals surface area (Å²) in [6, 6.07) is 77.9. The topological polar surface area (TPSA) is 25.6 Å². The number of ether oxygens (including phenoxy) is 1. The molecule has 0 radical (unpaired) electrons. The molecule has 0 N–H and O–H groups in total. The Kier molecular flexibility index (Phi) is 12.0. The quantitative estimate of drug-likeness (QED) is 0.155. The molecule has 0 bridgehead atoms. The molecule has 5 nitrogen and oxygen atoms in total. The Balaban J connectivity index is 1.07. The molecule has 424 valence electrons. The van der Waals surface area contributed by atoms with Crippen LogP contribution in [-0.2, 0) is 28.7 Å². The summed E-state index contributed by atoms with van der Waals surface area (Å²) >= 11 is 1.94. The lowest BCUT2D eigenvalue weighted by Crippen LogP contribution is -2.58. The van der Waals surface area contributed by atoms with Crippen molar-refractivity contribution in [2.24, 2.45) is 7.05 Å². The predicted molar refractivity (Wildman–Crippen MR) is 371 cm³/mol. The smallest absolute Gasteiger partial charge is 0.269 e. The molecule has 0 saturated carbocycles. The van der Waals surface area contributed by atoms with Gasteiger partial charge in [0.15, 0.2) is 0 Å². The van der Waals surface area contributed by atoms with Crippen LogP contribution in [0.4, 0.5) is 34.1 Å². The normalized spacial score (nSPS) is 13.5. The molecule has 15 rings (SSSR count). The van der Waals surface area contributed by atoms with E-state index in [0.717, 1.165) is 62.0 Å². The summed E-state index contributed by atoms with van der Waals surface area (Å²) in [4.78, 5) is 5.00. The Hall–Kier alpha value is -8.78. The zero-order chi connectivity index (χ0) is 59.5. The molecular formula is C79H73BN4OS. The molecule has 3 aromatic heterocycles.